The van der Waals surface area contributed by atoms with Crippen LogP contribution < -0.4 is 5.32 Å². The molecule has 0 saturated carbocycles. The minimum atomic E-state index is 0.0411. The van der Waals surface area contributed by atoms with Gasteiger partial charge in [-0.05, 0) is 6.26 Å². The highest BCUT2D eigenvalue weighted by atomic mass is 79.9. The van der Waals surface area contributed by atoms with Crippen molar-refractivity contribution in [1.82, 2.24) is 5.32 Å². The minimum absolute atomic E-state index is 0.0411. The number of hydrogen-bond acceptors (Lipinski definition) is 2. The lowest BCUT2D eigenvalue weighted by Crippen LogP contribution is -2.23. The number of hydrogen-bond donors (Lipinski definition) is 1. The van der Waals surface area contributed by atoms with Crippen LogP contribution in [-0.4, -0.2) is 23.4 Å². The number of carbonyl (C=O) groups excluding carboxylic acids is 1. The van der Waals surface area contributed by atoms with Gasteiger partial charge in [-0.15, -0.1) is 11.8 Å². The first-order chi connectivity index (χ1) is 3.81. The summed E-state index contributed by atoms with van der Waals surface area (Å²) < 4.78 is 0. The van der Waals surface area contributed by atoms with E-state index in [2.05, 4.69) is 21.2 Å². The van der Waals surface area contributed by atoms with Crippen molar-refractivity contribution >= 4 is 33.6 Å². The van der Waals surface area contributed by atoms with Crippen molar-refractivity contribution in [2.45, 2.75) is 0 Å². The fourth-order valence-electron chi connectivity index (χ4n) is 0.200. The van der Waals surface area contributed by atoms with Crippen LogP contribution in [-0.2, 0) is 4.79 Å². The summed E-state index contributed by atoms with van der Waals surface area (Å²) in [4.78, 5) is 10.4. The number of rotatable bonds is 3. The van der Waals surface area contributed by atoms with E-state index in [1.165, 1.54) is 0 Å². The average Bonchev–Trinajstić information content (AvgIpc) is 1.83. The molecule has 0 atom stereocenters. The van der Waals surface area contributed by atoms with Crippen LogP contribution in [0.4, 0.5) is 0 Å². The maximum Gasteiger partial charge on any atom is 0.231 e. The fraction of sp³-hybridized carbons (Fsp3) is 0.750. The molecule has 48 valence electrons. The average molecular weight is 198 g/mol. The van der Waals surface area contributed by atoms with Gasteiger partial charge in [0, 0.05) is 0 Å². The quantitative estimate of drug-likeness (QED) is 0.537. The Morgan fingerprint density at radius 3 is 2.88 bits per heavy atom. The molecular weight excluding hydrogens is 190 g/mol. The maximum absolute atomic E-state index is 10.4. The first-order valence-electron chi connectivity index (χ1n) is 2.13. The molecular formula is C4H8BrNOS. The second-order valence-electron chi connectivity index (χ2n) is 1.17. The molecule has 0 saturated heterocycles. The third kappa shape index (κ3) is 4.46. The van der Waals surface area contributed by atoms with E-state index in [9.17, 15) is 4.79 Å². The number of thioether (sulfide) groups is 1. The van der Waals surface area contributed by atoms with Crippen LogP contribution in [0.3, 0.4) is 0 Å². The smallest absolute Gasteiger partial charge is 0.231 e. The molecule has 0 aromatic heterocycles. The predicted octanol–water partition coefficient (Wildman–Crippen LogP) is 0.818. The fourth-order valence-corrected chi connectivity index (χ4v) is 0.703. The van der Waals surface area contributed by atoms with Crippen LogP contribution >= 0.6 is 27.7 Å². The summed E-state index contributed by atoms with van der Waals surface area (Å²) in [6.45, 7) is 0. The van der Waals surface area contributed by atoms with Crippen LogP contribution in [0.1, 0.15) is 0 Å². The van der Waals surface area contributed by atoms with Crippen molar-refractivity contribution in [3.63, 3.8) is 0 Å². The van der Waals surface area contributed by atoms with E-state index in [1.54, 1.807) is 11.8 Å². The van der Waals surface area contributed by atoms with Crippen LogP contribution in [0.5, 0.6) is 0 Å². The molecule has 0 aliphatic carbocycles. The number of alkyl halides is 1. The first-order valence-corrected chi connectivity index (χ1v) is 4.64. The third-order valence-corrected chi connectivity index (χ3v) is 1.48. The Morgan fingerprint density at radius 2 is 2.50 bits per heavy atom. The topological polar surface area (TPSA) is 29.1 Å². The zero-order valence-electron chi connectivity index (χ0n) is 4.61. The molecule has 0 aliphatic rings. The zero-order chi connectivity index (χ0) is 6.41. The summed E-state index contributed by atoms with van der Waals surface area (Å²) in [7, 11) is 0. The van der Waals surface area contributed by atoms with Gasteiger partial charge >= 0.3 is 0 Å². The van der Waals surface area contributed by atoms with Crippen LogP contribution in [0.15, 0.2) is 0 Å². The van der Waals surface area contributed by atoms with Gasteiger partial charge in [0.2, 0.25) is 5.91 Å². The SMILES string of the molecule is CSCNC(=O)CBr. The van der Waals surface area contributed by atoms with Gasteiger partial charge in [-0.3, -0.25) is 4.79 Å². The minimum Gasteiger partial charge on any atom is -0.346 e. The van der Waals surface area contributed by atoms with Crippen molar-refractivity contribution in [3.05, 3.63) is 0 Å². The van der Waals surface area contributed by atoms with Crippen molar-refractivity contribution in [1.29, 1.82) is 0 Å². The molecule has 0 unspecified atom stereocenters. The maximum atomic E-state index is 10.4. The number of nitrogens with one attached hydrogen (secondary N) is 1. The molecule has 1 amide bonds. The highest BCUT2D eigenvalue weighted by Crippen LogP contribution is 1.86. The van der Waals surface area contributed by atoms with Crippen molar-refractivity contribution in [3.8, 4) is 0 Å². The second kappa shape index (κ2) is 5.44. The molecule has 0 fully saturated rings. The Bertz CT molecular complexity index is 78.4. The molecule has 8 heavy (non-hydrogen) atoms. The highest BCUT2D eigenvalue weighted by molar-refractivity contribution is 9.09. The normalized spacial score (nSPS) is 8.75. The Labute approximate surface area is 61.5 Å². The Hall–Kier alpha value is 0.300. The third-order valence-electron chi connectivity index (χ3n) is 0.535. The van der Waals surface area contributed by atoms with Crippen LogP contribution in [0, 0.1) is 0 Å². The summed E-state index contributed by atoms with van der Waals surface area (Å²) >= 11 is 4.62. The zero-order valence-corrected chi connectivity index (χ0v) is 7.01. The van der Waals surface area contributed by atoms with E-state index < -0.39 is 0 Å². The van der Waals surface area contributed by atoms with E-state index >= 15 is 0 Å². The van der Waals surface area contributed by atoms with Gasteiger partial charge in [0.25, 0.3) is 0 Å². The molecule has 0 aliphatic heterocycles. The molecule has 1 N–H and O–H groups in total. The summed E-state index contributed by atoms with van der Waals surface area (Å²) in [6.07, 6.45) is 1.94. The molecule has 0 aromatic rings. The predicted molar refractivity (Wildman–Crippen MR) is 40.3 cm³/mol. The van der Waals surface area contributed by atoms with Gasteiger partial charge in [-0.1, -0.05) is 15.9 Å². The molecule has 0 radical (unpaired) electrons. The van der Waals surface area contributed by atoms with Gasteiger partial charge in [-0.25, -0.2) is 0 Å². The van der Waals surface area contributed by atoms with Crippen molar-refractivity contribution in [2.75, 3.05) is 17.5 Å². The van der Waals surface area contributed by atoms with Gasteiger partial charge in [0.15, 0.2) is 0 Å². The molecule has 0 rings (SSSR count). The standard InChI is InChI=1S/C4H8BrNOS/c1-8-3-6-4(7)2-5/h2-3H2,1H3,(H,6,7). The second-order valence-corrected chi connectivity index (χ2v) is 2.59. The van der Waals surface area contributed by atoms with Crippen LogP contribution in [0.2, 0.25) is 0 Å². The summed E-state index contributed by atoms with van der Waals surface area (Å²) in [5.41, 5.74) is 0. The Morgan fingerprint density at radius 1 is 1.88 bits per heavy atom. The lowest BCUT2D eigenvalue weighted by atomic mass is 10.7. The number of amides is 1. The number of carbonyl (C=O) groups is 1. The van der Waals surface area contributed by atoms with E-state index in [0.29, 0.717) is 11.2 Å². The Kier molecular flexibility index (Phi) is 5.64. The van der Waals surface area contributed by atoms with Gasteiger partial charge < -0.3 is 5.32 Å². The Balaban J connectivity index is 2.99. The van der Waals surface area contributed by atoms with E-state index in [-0.39, 0.29) is 5.91 Å². The molecule has 0 heterocycles. The largest absolute Gasteiger partial charge is 0.346 e. The lowest BCUT2D eigenvalue weighted by molar-refractivity contribution is -0.118. The van der Waals surface area contributed by atoms with Crippen molar-refractivity contribution < 1.29 is 4.79 Å². The first kappa shape index (κ1) is 8.30. The molecule has 0 aromatic carbocycles. The highest BCUT2D eigenvalue weighted by Gasteiger charge is 1.92. The lowest BCUT2D eigenvalue weighted by Gasteiger charge is -1.96. The summed E-state index contributed by atoms with van der Waals surface area (Å²) in [5, 5.41) is 3.06. The van der Waals surface area contributed by atoms with E-state index in [4.69, 9.17) is 0 Å². The van der Waals surface area contributed by atoms with Gasteiger partial charge in [0.1, 0.15) is 0 Å². The van der Waals surface area contributed by atoms with Gasteiger partial charge in [-0.2, -0.15) is 0 Å². The van der Waals surface area contributed by atoms with Gasteiger partial charge in [0.05, 0.1) is 11.2 Å². The summed E-state index contributed by atoms with van der Waals surface area (Å²) in [5.74, 6) is 0.740. The molecule has 0 bridgehead atoms. The number of halogens is 1. The molecule has 0 spiro atoms. The molecule has 2 nitrogen and oxygen atoms in total. The summed E-state index contributed by atoms with van der Waals surface area (Å²) in [6, 6.07) is 0. The van der Waals surface area contributed by atoms with Crippen molar-refractivity contribution in [2.24, 2.45) is 0 Å². The van der Waals surface area contributed by atoms with Crippen LogP contribution in [0.25, 0.3) is 0 Å². The monoisotopic (exact) mass is 197 g/mol. The molecule has 4 heteroatoms. The van der Waals surface area contributed by atoms with E-state index in [0.717, 1.165) is 0 Å². The van der Waals surface area contributed by atoms with E-state index in [1.807, 2.05) is 6.26 Å².